The Morgan fingerprint density at radius 3 is 2.47 bits per heavy atom. The third-order valence-corrected chi connectivity index (χ3v) is 6.91. The molecule has 2 aromatic rings. The lowest BCUT2D eigenvalue weighted by Gasteiger charge is -2.42. The van der Waals surface area contributed by atoms with Crippen LogP contribution < -0.4 is 11.1 Å². The molecule has 16 nitrogen and oxygen atoms in total. The number of aromatic nitrogens is 1. The Labute approximate surface area is 219 Å². The molecule has 0 aliphatic carbocycles. The molecule has 1 aliphatic heterocycles. The van der Waals surface area contributed by atoms with E-state index in [9.17, 15) is 32.9 Å². The molecule has 4 N–H and O–H groups in total. The molecule has 3 rings (SSSR count). The summed E-state index contributed by atoms with van der Waals surface area (Å²) < 4.78 is 37.1. The lowest BCUT2D eigenvalue weighted by Crippen LogP contribution is -2.71. The van der Waals surface area contributed by atoms with Gasteiger partial charge < -0.3 is 20.6 Å². The fraction of sp³-hybridized carbons (Fsp3) is 0.350. The molecule has 18 heteroatoms. The Morgan fingerprint density at radius 1 is 1.34 bits per heavy atom. The van der Waals surface area contributed by atoms with Crippen molar-refractivity contribution in [1.82, 2.24) is 14.6 Å². The predicted octanol–water partition coefficient (Wildman–Crippen LogP) is 0.395. The van der Waals surface area contributed by atoms with E-state index in [0.717, 1.165) is 11.3 Å². The highest BCUT2D eigenvalue weighted by Crippen LogP contribution is 2.24. The number of benzene rings is 1. The van der Waals surface area contributed by atoms with Gasteiger partial charge in [0.1, 0.15) is 18.3 Å². The Bertz CT molecular complexity index is 1400. The minimum absolute atomic E-state index is 0.0499. The van der Waals surface area contributed by atoms with E-state index in [0.29, 0.717) is 5.56 Å². The average molecular weight is 571 g/mol. The van der Waals surface area contributed by atoms with Gasteiger partial charge in [-0.3, -0.25) is 24.3 Å². The summed E-state index contributed by atoms with van der Waals surface area (Å²) >= 11 is 0.971. The zero-order chi connectivity index (χ0) is 28.4. The van der Waals surface area contributed by atoms with Crippen LogP contribution in [0.3, 0.4) is 0 Å². The third kappa shape index (κ3) is 6.21. The highest BCUT2D eigenvalue weighted by atomic mass is 32.2. The molecule has 1 aliphatic rings. The molecule has 2 amide bonds. The molecule has 0 radical (unpaired) electrons. The second-order valence-corrected chi connectivity index (χ2v) is 10.6. The maximum atomic E-state index is 12.9. The molecule has 1 aromatic carbocycles. The molecule has 0 unspecified atom stereocenters. The van der Waals surface area contributed by atoms with Gasteiger partial charge >= 0.3 is 16.3 Å². The highest BCUT2D eigenvalue weighted by molar-refractivity contribution is 7.84. The summed E-state index contributed by atoms with van der Waals surface area (Å²) in [5.41, 5.74) is 3.72. The normalized spacial score (nSPS) is 17.9. The Balaban J connectivity index is 1.72. The van der Waals surface area contributed by atoms with Crippen molar-refractivity contribution in [1.29, 1.82) is 0 Å². The van der Waals surface area contributed by atoms with E-state index in [-0.39, 0.29) is 27.4 Å². The van der Waals surface area contributed by atoms with Crippen molar-refractivity contribution in [3.05, 3.63) is 51.0 Å². The second kappa shape index (κ2) is 10.7. The lowest BCUT2D eigenvalue weighted by molar-refractivity contribution is -0.384. The molecule has 2 atom stereocenters. The Kier molecular flexibility index (Phi) is 7.98. The van der Waals surface area contributed by atoms with Gasteiger partial charge in [-0.2, -0.15) is 8.42 Å². The summed E-state index contributed by atoms with van der Waals surface area (Å²) in [4.78, 5) is 57.1. The number of anilines is 1. The van der Waals surface area contributed by atoms with Crippen LogP contribution in [0.4, 0.5) is 10.8 Å². The van der Waals surface area contributed by atoms with Gasteiger partial charge in [0, 0.05) is 17.5 Å². The number of non-ortho nitro benzene ring substituents is 1. The van der Waals surface area contributed by atoms with E-state index in [1.165, 1.54) is 50.4 Å². The summed E-state index contributed by atoms with van der Waals surface area (Å²) in [6.45, 7) is 3.68. The number of nitrogens with zero attached hydrogens (tertiary/aromatic N) is 4. The van der Waals surface area contributed by atoms with Crippen LogP contribution in [0.1, 0.15) is 32.0 Å². The average Bonchev–Trinajstić information content (AvgIpc) is 3.26. The molecule has 0 bridgehead atoms. The quantitative estimate of drug-likeness (QED) is 0.0879. The minimum Gasteiger partial charge on any atom is -0.458 e. The van der Waals surface area contributed by atoms with E-state index >= 15 is 0 Å². The number of nitrogens with one attached hydrogen (secondary N) is 1. The predicted molar refractivity (Wildman–Crippen MR) is 131 cm³/mol. The van der Waals surface area contributed by atoms with Crippen LogP contribution in [-0.2, 0) is 40.9 Å². The number of nitrogens with two attached hydrogens (primary N) is 1. The van der Waals surface area contributed by atoms with E-state index in [1.807, 2.05) is 0 Å². The Hall–Kier alpha value is -4.16. The number of nitro groups is 1. The summed E-state index contributed by atoms with van der Waals surface area (Å²) in [5, 5.41) is 18.2. The molecular weight excluding hydrogens is 548 g/mol. The van der Waals surface area contributed by atoms with Gasteiger partial charge in [-0.25, -0.2) is 14.1 Å². The molecule has 204 valence electrons. The Morgan fingerprint density at radius 2 is 1.97 bits per heavy atom. The van der Waals surface area contributed by atoms with Crippen molar-refractivity contribution < 1.29 is 41.9 Å². The minimum atomic E-state index is -4.80. The van der Waals surface area contributed by atoms with Crippen LogP contribution in [0.2, 0.25) is 0 Å². The van der Waals surface area contributed by atoms with Gasteiger partial charge in [-0.15, -0.1) is 11.3 Å². The number of rotatable bonds is 10. The van der Waals surface area contributed by atoms with Crippen molar-refractivity contribution >= 4 is 56.0 Å². The largest absolute Gasteiger partial charge is 0.458 e. The van der Waals surface area contributed by atoms with Crippen molar-refractivity contribution in [2.24, 2.45) is 5.16 Å². The van der Waals surface area contributed by atoms with Gasteiger partial charge in [0.05, 0.1) is 11.0 Å². The van der Waals surface area contributed by atoms with Crippen molar-refractivity contribution in [3.8, 4) is 0 Å². The second-order valence-electron chi connectivity index (χ2n) is 8.42. The molecule has 2 heterocycles. The number of hydrogen-bond donors (Lipinski definition) is 3. The van der Waals surface area contributed by atoms with Crippen LogP contribution in [0.15, 0.2) is 34.8 Å². The van der Waals surface area contributed by atoms with Gasteiger partial charge in [0.2, 0.25) is 5.60 Å². The van der Waals surface area contributed by atoms with E-state index < -0.39 is 56.4 Å². The number of oxime groups is 1. The lowest BCUT2D eigenvalue weighted by atomic mass is 10.0. The summed E-state index contributed by atoms with van der Waals surface area (Å²) in [6, 6.07) is 2.95. The first-order valence-corrected chi connectivity index (χ1v) is 12.9. The number of amides is 2. The van der Waals surface area contributed by atoms with Crippen molar-refractivity contribution in [2.45, 2.75) is 45.1 Å². The third-order valence-electron chi connectivity index (χ3n) is 5.22. The highest BCUT2D eigenvalue weighted by Gasteiger charge is 2.51. The number of ether oxygens (including phenoxy) is 1. The first-order chi connectivity index (χ1) is 17.6. The number of nitro benzene ring substituents is 1. The van der Waals surface area contributed by atoms with Crippen molar-refractivity contribution in [2.75, 3.05) is 5.73 Å². The first-order valence-electron chi connectivity index (χ1n) is 10.6. The summed E-state index contributed by atoms with van der Waals surface area (Å²) in [7, 11) is -4.80. The maximum Gasteiger partial charge on any atom is 0.362 e. The van der Waals surface area contributed by atoms with Crippen LogP contribution in [0, 0.1) is 10.1 Å². The molecule has 0 saturated carbocycles. The zero-order valence-corrected chi connectivity index (χ0v) is 21.7. The number of carbonyl (C=O) groups excluding carboxylic acids is 3. The van der Waals surface area contributed by atoms with Crippen LogP contribution in [0.25, 0.3) is 0 Å². The molecule has 0 spiro atoms. The van der Waals surface area contributed by atoms with Crippen molar-refractivity contribution in [3.63, 3.8) is 0 Å². The van der Waals surface area contributed by atoms with Crippen LogP contribution in [-0.4, -0.2) is 68.4 Å². The fourth-order valence-corrected chi connectivity index (χ4v) is 4.58. The van der Waals surface area contributed by atoms with Gasteiger partial charge in [-0.1, -0.05) is 5.16 Å². The number of thiazole rings is 1. The summed E-state index contributed by atoms with van der Waals surface area (Å²) in [5.74, 6) is -2.95. The topological polar surface area (TPSA) is 234 Å². The standard InChI is InChI=1S/C20H22N6O10S2/c1-10-14(17(28)25(10)38(32,33)34)23-16(27)15(13-9-37-19(21)22-13)24-36-20(2,3)18(29)35-8-11-4-6-12(7-5-11)26(30)31/h4-7,9-10,14H,8H2,1-3H3,(H2,21,22)(H,23,27)(H,32,33,34)/b24-15-/t10-,14-/m0/s1. The van der Waals surface area contributed by atoms with Gasteiger partial charge in [0.25, 0.3) is 17.5 Å². The van der Waals surface area contributed by atoms with Crippen LogP contribution in [0.5, 0.6) is 0 Å². The van der Waals surface area contributed by atoms with Crippen LogP contribution >= 0.6 is 11.3 Å². The van der Waals surface area contributed by atoms with Gasteiger partial charge in [0.15, 0.2) is 10.8 Å². The molecule has 1 aromatic heterocycles. The monoisotopic (exact) mass is 570 g/mol. The number of esters is 1. The first kappa shape index (κ1) is 28.4. The number of hydrogen-bond acceptors (Lipinski definition) is 13. The molecule has 1 saturated heterocycles. The van der Waals surface area contributed by atoms with E-state index in [4.69, 9.17) is 19.9 Å². The molecule has 1 fully saturated rings. The number of nitrogen functional groups attached to an aromatic ring is 1. The van der Waals surface area contributed by atoms with Gasteiger partial charge in [-0.05, 0) is 38.5 Å². The van der Waals surface area contributed by atoms with E-state index in [2.05, 4.69) is 15.5 Å². The van der Waals surface area contributed by atoms with E-state index in [1.54, 1.807) is 0 Å². The summed E-state index contributed by atoms with van der Waals surface area (Å²) in [6.07, 6.45) is 0. The molecule has 38 heavy (non-hydrogen) atoms. The molecular formula is C20H22N6O10S2. The fourth-order valence-electron chi connectivity index (χ4n) is 3.15. The number of carbonyl (C=O) groups is 3. The zero-order valence-electron chi connectivity index (χ0n) is 20.1. The SMILES string of the molecule is C[C@H]1[C@H](NC(=O)/C(=N\OC(C)(C)C(=O)OCc2ccc([N+](=O)[O-])cc2)c2csc(N)n2)C(=O)N1S(=O)(=O)O. The number of β-lactam (4-membered cyclic amide) rings is 1. The maximum absolute atomic E-state index is 12.9. The smallest absolute Gasteiger partial charge is 0.362 e.